The van der Waals surface area contributed by atoms with Gasteiger partial charge >= 0.3 is 0 Å². The van der Waals surface area contributed by atoms with Gasteiger partial charge in [-0.25, -0.2) is 4.39 Å². The SMILES string of the molecule is CCNC(=O)CSCCCC(=O)c1ccc(F)cc1. The van der Waals surface area contributed by atoms with Crippen LogP contribution >= 0.6 is 11.8 Å². The van der Waals surface area contributed by atoms with Gasteiger partial charge in [0.05, 0.1) is 5.75 Å². The number of halogens is 1. The molecule has 0 radical (unpaired) electrons. The molecule has 19 heavy (non-hydrogen) atoms. The molecule has 1 amide bonds. The normalized spacial score (nSPS) is 10.2. The monoisotopic (exact) mass is 283 g/mol. The summed E-state index contributed by atoms with van der Waals surface area (Å²) in [5.74, 6) is 0.896. The van der Waals surface area contributed by atoms with Crippen molar-refractivity contribution in [2.24, 2.45) is 0 Å². The van der Waals surface area contributed by atoms with E-state index in [2.05, 4.69) is 5.32 Å². The molecule has 1 N–H and O–H groups in total. The Hall–Kier alpha value is -1.36. The van der Waals surface area contributed by atoms with Gasteiger partial charge in [-0.05, 0) is 43.4 Å². The molecule has 0 saturated heterocycles. The second kappa shape index (κ2) is 8.69. The summed E-state index contributed by atoms with van der Waals surface area (Å²) >= 11 is 1.52. The third-order valence-corrected chi connectivity index (χ3v) is 3.51. The Kier molecular flexibility index (Phi) is 7.18. The number of hydrogen-bond acceptors (Lipinski definition) is 3. The Labute approximate surface area is 117 Å². The van der Waals surface area contributed by atoms with Crippen LogP contribution in [0.3, 0.4) is 0 Å². The first-order valence-electron chi connectivity index (χ1n) is 6.26. The van der Waals surface area contributed by atoms with Crippen LogP contribution in [0.25, 0.3) is 0 Å². The van der Waals surface area contributed by atoms with E-state index in [9.17, 15) is 14.0 Å². The van der Waals surface area contributed by atoms with Gasteiger partial charge in [-0.15, -0.1) is 0 Å². The molecule has 3 nitrogen and oxygen atoms in total. The first-order valence-corrected chi connectivity index (χ1v) is 7.42. The van der Waals surface area contributed by atoms with Crippen LogP contribution in [0.15, 0.2) is 24.3 Å². The van der Waals surface area contributed by atoms with Gasteiger partial charge in [0.25, 0.3) is 0 Å². The zero-order valence-electron chi connectivity index (χ0n) is 10.9. The van der Waals surface area contributed by atoms with E-state index in [0.717, 1.165) is 12.2 Å². The lowest BCUT2D eigenvalue weighted by atomic mass is 10.1. The van der Waals surface area contributed by atoms with E-state index in [4.69, 9.17) is 0 Å². The minimum absolute atomic E-state index is 0.0126. The lowest BCUT2D eigenvalue weighted by Crippen LogP contribution is -2.24. The van der Waals surface area contributed by atoms with Crippen LogP contribution in [0.1, 0.15) is 30.1 Å². The number of thioether (sulfide) groups is 1. The maximum absolute atomic E-state index is 12.7. The van der Waals surface area contributed by atoms with Gasteiger partial charge in [-0.2, -0.15) is 11.8 Å². The fraction of sp³-hybridized carbons (Fsp3) is 0.429. The van der Waals surface area contributed by atoms with E-state index in [1.807, 2.05) is 6.92 Å². The van der Waals surface area contributed by atoms with Gasteiger partial charge in [0.1, 0.15) is 5.82 Å². The maximum Gasteiger partial charge on any atom is 0.229 e. The molecule has 0 aliphatic heterocycles. The Balaban J connectivity index is 2.17. The molecule has 1 rings (SSSR count). The van der Waals surface area contributed by atoms with Crippen LogP contribution in [0, 0.1) is 5.82 Å². The molecule has 0 spiro atoms. The summed E-state index contributed by atoms with van der Waals surface area (Å²) in [7, 11) is 0. The Bertz CT molecular complexity index is 420. The highest BCUT2D eigenvalue weighted by atomic mass is 32.2. The Morgan fingerprint density at radius 3 is 2.58 bits per heavy atom. The molecule has 0 unspecified atom stereocenters. The van der Waals surface area contributed by atoms with Gasteiger partial charge in [0, 0.05) is 18.5 Å². The minimum atomic E-state index is -0.339. The Morgan fingerprint density at radius 2 is 1.95 bits per heavy atom. The molecule has 0 saturated carbocycles. The van der Waals surface area contributed by atoms with Crippen LogP contribution in [-0.4, -0.2) is 29.7 Å². The number of Topliss-reactive ketones (excluding diaryl/α,β-unsaturated/α-hetero) is 1. The molecule has 0 atom stereocenters. The average Bonchev–Trinajstić information content (AvgIpc) is 2.39. The fourth-order valence-corrected chi connectivity index (χ4v) is 2.31. The molecule has 104 valence electrons. The summed E-state index contributed by atoms with van der Waals surface area (Å²) in [5.41, 5.74) is 0.537. The molecular weight excluding hydrogens is 265 g/mol. The zero-order valence-corrected chi connectivity index (χ0v) is 11.8. The van der Waals surface area contributed by atoms with Gasteiger partial charge in [-0.3, -0.25) is 9.59 Å². The largest absolute Gasteiger partial charge is 0.356 e. The molecule has 0 aromatic heterocycles. The third kappa shape index (κ3) is 6.38. The van der Waals surface area contributed by atoms with Crippen molar-refractivity contribution in [3.8, 4) is 0 Å². The number of benzene rings is 1. The highest BCUT2D eigenvalue weighted by Crippen LogP contribution is 2.10. The molecule has 5 heteroatoms. The number of hydrogen-bond donors (Lipinski definition) is 1. The van der Waals surface area contributed by atoms with E-state index in [1.54, 1.807) is 0 Å². The van der Waals surface area contributed by atoms with Gasteiger partial charge in [-0.1, -0.05) is 0 Å². The molecule has 0 heterocycles. The fourth-order valence-electron chi connectivity index (χ4n) is 1.53. The van der Waals surface area contributed by atoms with Crippen molar-refractivity contribution in [3.63, 3.8) is 0 Å². The van der Waals surface area contributed by atoms with Crippen molar-refractivity contribution in [2.75, 3.05) is 18.1 Å². The number of carbonyl (C=O) groups is 2. The quantitative estimate of drug-likeness (QED) is 0.589. The molecular formula is C14H18FNO2S. The minimum Gasteiger partial charge on any atom is -0.356 e. The molecule has 0 bridgehead atoms. The van der Waals surface area contributed by atoms with Gasteiger partial charge in [0.15, 0.2) is 5.78 Å². The van der Waals surface area contributed by atoms with Crippen molar-refractivity contribution < 1.29 is 14.0 Å². The number of rotatable bonds is 8. The summed E-state index contributed by atoms with van der Waals surface area (Å²) in [6.45, 7) is 2.52. The summed E-state index contributed by atoms with van der Waals surface area (Å²) < 4.78 is 12.7. The predicted octanol–water partition coefficient (Wildman–Crippen LogP) is 2.66. The Morgan fingerprint density at radius 1 is 1.26 bits per heavy atom. The van der Waals surface area contributed by atoms with E-state index < -0.39 is 0 Å². The second-order valence-electron chi connectivity index (χ2n) is 4.04. The first kappa shape index (κ1) is 15.7. The number of amides is 1. The summed E-state index contributed by atoms with van der Waals surface area (Å²) in [6, 6.07) is 5.58. The van der Waals surface area contributed by atoms with Crippen molar-refractivity contribution in [3.05, 3.63) is 35.6 Å². The second-order valence-corrected chi connectivity index (χ2v) is 5.14. The van der Waals surface area contributed by atoms with Crippen molar-refractivity contribution in [2.45, 2.75) is 19.8 Å². The lowest BCUT2D eigenvalue weighted by Gasteiger charge is -2.03. The van der Waals surface area contributed by atoms with Crippen LogP contribution in [0.5, 0.6) is 0 Å². The van der Waals surface area contributed by atoms with Crippen molar-refractivity contribution >= 4 is 23.5 Å². The topological polar surface area (TPSA) is 46.2 Å². The van der Waals surface area contributed by atoms with E-state index in [1.165, 1.54) is 36.0 Å². The van der Waals surface area contributed by atoms with Crippen LogP contribution < -0.4 is 5.32 Å². The molecule has 1 aromatic carbocycles. The van der Waals surface area contributed by atoms with Gasteiger partial charge in [0.2, 0.25) is 5.91 Å². The third-order valence-electron chi connectivity index (χ3n) is 2.47. The molecule has 1 aromatic rings. The van der Waals surface area contributed by atoms with Crippen molar-refractivity contribution in [1.82, 2.24) is 5.32 Å². The van der Waals surface area contributed by atoms with E-state index in [-0.39, 0.29) is 17.5 Å². The van der Waals surface area contributed by atoms with Crippen LogP contribution in [0.2, 0.25) is 0 Å². The maximum atomic E-state index is 12.7. The zero-order chi connectivity index (χ0) is 14.1. The lowest BCUT2D eigenvalue weighted by molar-refractivity contribution is -0.118. The number of nitrogens with one attached hydrogen (secondary N) is 1. The van der Waals surface area contributed by atoms with E-state index >= 15 is 0 Å². The van der Waals surface area contributed by atoms with Gasteiger partial charge < -0.3 is 5.32 Å². The highest BCUT2D eigenvalue weighted by molar-refractivity contribution is 7.99. The smallest absolute Gasteiger partial charge is 0.229 e. The summed E-state index contributed by atoms with van der Waals surface area (Å²) in [6.07, 6.45) is 1.15. The standard InChI is InChI=1S/C14H18FNO2S/c1-2-16-14(18)10-19-9-3-4-13(17)11-5-7-12(15)8-6-11/h5-8H,2-4,9-10H2,1H3,(H,16,18). The highest BCUT2D eigenvalue weighted by Gasteiger charge is 2.06. The van der Waals surface area contributed by atoms with Crippen LogP contribution in [-0.2, 0) is 4.79 Å². The van der Waals surface area contributed by atoms with Crippen LogP contribution in [0.4, 0.5) is 4.39 Å². The van der Waals surface area contributed by atoms with Crippen molar-refractivity contribution in [1.29, 1.82) is 0 Å². The molecule has 0 fully saturated rings. The number of carbonyl (C=O) groups excluding carboxylic acids is 2. The first-order chi connectivity index (χ1) is 9.13. The molecule has 0 aliphatic rings. The summed E-state index contributed by atoms with van der Waals surface area (Å²) in [4.78, 5) is 22.9. The predicted molar refractivity (Wildman–Crippen MR) is 76.0 cm³/mol. The number of ketones is 1. The summed E-state index contributed by atoms with van der Waals surface area (Å²) in [5, 5.41) is 2.71. The average molecular weight is 283 g/mol. The molecule has 0 aliphatic carbocycles. The van der Waals surface area contributed by atoms with E-state index in [0.29, 0.717) is 24.3 Å².